The average molecular weight is 591 g/mol. The van der Waals surface area contributed by atoms with Crippen molar-refractivity contribution in [2.24, 2.45) is 0 Å². The number of oxazole rings is 1. The number of para-hydroxylation sites is 1. The molecule has 0 aliphatic carbocycles. The Kier molecular flexibility index (Phi) is 6.06. The van der Waals surface area contributed by atoms with E-state index in [1.54, 1.807) is 0 Å². The second-order valence-corrected chi connectivity index (χ2v) is 11.3. The van der Waals surface area contributed by atoms with Crippen molar-refractivity contribution in [2.75, 3.05) is 0 Å². The molecule has 5 heteroatoms. The van der Waals surface area contributed by atoms with Crippen LogP contribution in [0.2, 0.25) is 0 Å². The predicted octanol–water partition coefficient (Wildman–Crippen LogP) is 10.4. The van der Waals surface area contributed by atoms with Crippen molar-refractivity contribution in [3.05, 3.63) is 158 Å². The van der Waals surface area contributed by atoms with E-state index < -0.39 is 0 Å². The topological polar surface area (TPSA) is 56.7 Å². The van der Waals surface area contributed by atoms with Gasteiger partial charge >= 0.3 is 0 Å². The van der Waals surface area contributed by atoms with Crippen LogP contribution in [0.3, 0.4) is 0 Å². The summed E-state index contributed by atoms with van der Waals surface area (Å²) in [5.74, 6) is 2.05. The molecule has 0 saturated heterocycles. The lowest BCUT2D eigenvalue weighted by atomic mass is 10.0. The lowest BCUT2D eigenvalue weighted by molar-refractivity contribution is 0.623. The number of rotatable bonds is 5. The lowest BCUT2D eigenvalue weighted by Gasteiger charge is -2.12. The van der Waals surface area contributed by atoms with Crippen molar-refractivity contribution in [1.82, 2.24) is 19.5 Å². The van der Waals surface area contributed by atoms with Gasteiger partial charge in [-0.2, -0.15) is 0 Å². The summed E-state index contributed by atoms with van der Waals surface area (Å²) >= 11 is 0. The maximum absolute atomic E-state index is 6.50. The predicted molar refractivity (Wildman–Crippen MR) is 186 cm³/mol. The first-order valence-corrected chi connectivity index (χ1v) is 15.3. The van der Waals surface area contributed by atoms with Crippen LogP contribution in [0.5, 0.6) is 0 Å². The SMILES string of the molecule is c1ccc(-c2ccc(-c3cc(-n4c5ccccc5c5c6oc(-c7ccccc7)nc6ccc54)nc(-c4ccccc4)n3)cc2)cc1. The summed E-state index contributed by atoms with van der Waals surface area (Å²) in [4.78, 5) is 15.1. The van der Waals surface area contributed by atoms with Crippen molar-refractivity contribution in [1.29, 1.82) is 0 Å². The van der Waals surface area contributed by atoms with Crippen LogP contribution >= 0.6 is 0 Å². The number of fused-ring (bicyclic) bond motifs is 5. The van der Waals surface area contributed by atoms with Gasteiger partial charge in [-0.1, -0.05) is 121 Å². The highest BCUT2D eigenvalue weighted by molar-refractivity contribution is 6.19. The van der Waals surface area contributed by atoms with E-state index in [9.17, 15) is 0 Å². The van der Waals surface area contributed by atoms with Crippen molar-refractivity contribution >= 4 is 32.9 Å². The molecule has 5 nitrogen and oxygen atoms in total. The van der Waals surface area contributed by atoms with Crippen molar-refractivity contribution < 1.29 is 4.42 Å². The molecule has 0 spiro atoms. The summed E-state index contributed by atoms with van der Waals surface area (Å²) in [6.07, 6.45) is 0. The third-order valence-electron chi connectivity index (χ3n) is 8.47. The molecule has 9 aromatic rings. The van der Waals surface area contributed by atoms with Crippen molar-refractivity contribution in [3.63, 3.8) is 0 Å². The quantitative estimate of drug-likeness (QED) is 0.200. The smallest absolute Gasteiger partial charge is 0.227 e. The summed E-state index contributed by atoms with van der Waals surface area (Å²) in [5, 5.41) is 2.09. The van der Waals surface area contributed by atoms with Crippen LogP contribution in [0, 0.1) is 0 Å². The minimum Gasteiger partial charge on any atom is -0.435 e. The van der Waals surface area contributed by atoms with Crippen LogP contribution in [-0.2, 0) is 0 Å². The second-order valence-electron chi connectivity index (χ2n) is 11.3. The van der Waals surface area contributed by atoms with Gasteiger partial charge in [0.05, 0.1) is 22.1 Å². The fourth-order valence-corrected chi connectivity index (χ4v) is 6.27. The molecule has 0 aliphatic heterocycles. The Morgan fingerprint density at radius 1 is 0.457 bits per heavy atom. The first-order valence-electron chi connectivity index (χ1n) is 15.3. The van der Waals surface area contributed by atoms with Crippen molar-refractivity contribution in [3.8, 4) is 51.0 Å². The van der Waals surface area contributed by atoms with Crippen LogP contribution in [0.1, 0.15) is 0 Å². The molecule has 0 unspecified atom stereocenters. The van der Waals surface area contributed by atoms with Gasteiger partial charge in [0.25, 0.3) is 0 Å². The lowest BCUT2D eigenvalue weighted by Crippen LogP contribution is -2.02. The highest BCUT2D eigenvalue weighted by atomic mass is 16.3. The summed E-state index contributed by atoms with van der Waals surface area (Å²) in [5.41, 5.74) is 9.73. The van der Waals surface area contributed by atoms with Gasteiger partial charge in [-0.05, 0) is 41.5 Å². The molecule has 216 valence electrons. The zero-order valence-corrected chi connectivity index (χ0v) is 24.7. The van der Waals surface area contributed by atoms with Gasteiger partial charge < -0.3 is 4.42 Å². The maximum Gasteiger partial charge on any atom is 0.227 e. The Morgan fingerprint density at radius 2 is 1.07 bits per heavy atom. The zero-order valence-electron chi connectivity index (χ0n) is 24.7. The van der Waals surface area contributed by atoms with E-state index in [-0.39, 0.29) is 0 Å². The van der Waals surface area contributed by atoms with Crippen LogP contribution in [-0.4, -0.2) is 19.5 Å². The molecule has 0 atom stereocenters. The molecule has 0 aliphatic rings. The van der Waals surface area contributed by atoms with E-state index in [1.165, 1.54) is 5.56 Å². The van der Waals surface area contributed by atoms with Crippen LogP contribution < -0.4 is 0 Å². The van der Waals surface area contributed by atoms with Crippen LogP contribution in [0.25, 0.3) is 83.9 Å². The molecular formula is C41H26N4O. The van der Waals surface area contributed by atoms with Crippen molar-refractivity contribution in [2.45, 2.75) is 0 Å². The Labute approximate surface area is 265 Å². The van der Waals surface area contributed by atoms with E-state index >= 15 is 0 Å². The van der Waals surface area contributed by atoms with E-state index in [0.717, 1.165) is 66.7 Å². The molecule has 3 aromatic heterocycles. The third kappa shape index (κ3) is 4.37. The molecule has 6 aromatic carbocycles. The van der Waals surface area contributed by atoms with E-state index in [4.69, 9.17) is 19.4 Å². The summed E-state index contributed by atoms with van der Waals surface area (Å²) in [6.45, 7) is 0. The van der Waals surface area contributed by atoms with Gasteiger partial charge in [0.1, 0.15) is 11.3 Å². The third-order valence-corrected chi connectivity index (χ3v) is 8.47. The number of hydrogen-bond acceptors (Lipinski definition) is 4. The fraction of sp³-hybridized carbons (Fsp3) is 0. The van der Waals surface area contributed by atoms with Gasteiger partial charge in [0.15, 0.2) is 11.4 Å². The first kappa shape index (κ1) is 26.1. The normalized spacial score (nSPS) is 11.5. The first-order chi connectivity index (χ1) is 22.8. The number of benzene rings is 6. The largest absolute Gasteiger partial charge is 0.435 e. The van der Waals surface area contributed by atoms with E-state index in [2.05, 4.69) is 102 Å². The number of hydrogen-bond donors (Lipinski definition) is 0. The summed E-state index contributed by atoms with van der Waals surface area (Å²) in [6, 6.07) is 53.8. The van der Waals surface area contributed by atoms with Crippen LogP contribution in [0.15, 0.2) is 162 Å². The standard InChI is InChI=1S/C41H26N4O/c1-4-12-27(13-5-1)28-20-22-29(23-21-28)34-26-37(44-40(42-34)30-14-6-2-7-15-30)45-35-19-11-10-18-32(35)38-36(45)25-24-33-39(38)46-41(43-33)31-16-8-3-9-17-31/h1-26H. The Balaban J connectivity index is 1.27. The van der Waals surface area contributed by atoms with E-state index in [1.807, 2.05) is 60.7 Å². The molecule has 0 saturated carbocycles. The second kappa shape index (κ2) is 10.7. The number of aromatic nitrogens is 4. The number of nitrogens with zero attached hydrogens (tertiary/aromatic N) is 4. The minimum atomic E-state index is 0.606. The molecule has 0 fully saturated rings. The van der Waals surface area contributed by atoms with E-state index in [0.29, 0.717) is 11.7 Å². The summed E-state index contributed by atoms with van der Waals surface area (Å²) in [7, 11) is 0. The maximum atomic E-state index is 6.50. The fourth-order valence-electron chi connectivity index (χ4n) is 6.27. The van der Waals surface area contributed by atoms with Gasteiger partial charge in [0.2, 0.25) is 5.89 Å². The highest BCUT2D eigenvalue weighted by Gasteiger charge is 2.20. The van der Waals surface area contributed by atoms with Crippen LogP contribution in [0.4, 0.5) is 0 Å². The minimum absolute atomic E-state index is 0.606. The molecular weight excluding hydrogens is 564 g/mol. The molecule has 0 radical (unpaired) electrons. The van der Waals surface area contributed by atoms with Gasteiger partial charge in [0, 0.05) is 28.1 Å². The molecule has 3 heterocycles. The van der Waals surface area contributed by atoms with Gasteiger partial charge in [-0.25, -0.2) is 15.0 Å². The molecule has 0 N–H and O–H groups in total. The summed E-state index contributed by atoms with van der Waals surface area (Å²) < 4.78 is 8.71. The zero-order chi connectivity index (χ0) is 30.5. The molecule has 0 amide bonds. The van der Waals surface area contributed by atoms with Gasteiger partial charge in [-0.3, -0.25) is 4.57 Å². The Bertz CT molecular complexity index is 2500. The average Bonchev–Trinajstić information content (AvgIpc) is 3.72. The van der Waals surface area contributed by atoms with Gasteiger partial charge in [-0.15, -0.1) is 0 Å². The molecule has 46 heavy (non-hydrogen) atoms. The highest BCUT2D eigenvalue weighted by Crippen LogP contribution is 2.39. The molecule has 0 bridgehead atoms. The molecule has 9 rings (SSSR count). The monoisotopic (exact) mass is 590 g/mol. The Morgan fingerprint density at radius 3 is 1.80 bits per heavy atom. The Hall–Kier alpha value is -6.33.